The van der Waals surface area contributed by atoms with Crippen LogP contribution in [0.4, 0.5) is 105 Å². The maximum Gasteiger partial charge on any atom is 0.416 e. The minimum absolute atomic E-state index is 0.213. The number of benzene rings is 6. The number of pyridine rings is 1. The van der Waals surface area contributed by atoms with Gasteiger partial charge in [0, 0.05) is 23.1 Å². The highest BCUT2D eigenvalue weighted by Gasteiger charge is 2.47. The van der Waals surface area contributed by atoms with E-state index in [-0.39, 0.29) is 5.41 Å². The average molecular weight is 1140 g/mol. The molecule has 0 aliphatic carbocycles. The van der Waals surface area contributed by atoms with Gasteiger partial charge >= 0.3 is 49.4 Å². The minimum atomic E-state index is -6.13. The van der Waals surface area contributed by atoms with Crippen LogP contribution in [0.25, 0.3) is 10.9 Å². The summed E-state index contributed by atoms with van der Waals surface area (Å²) in [5.41, 5.74) is -26.0. The highest BCUT2D eigenvalue weighted by atomic mass is 19.4. The van der Waals surface area contributed by atoms with Crippen molar-refractivity contribution in [2.75, 3.05) is 0 Å². The molecule has 0 saturated carbocycles. The number of halogens is 24. The van der Waals surface area contributed by atoms with E-state index in [1.54, 1.807) is 0 Å². The summed E-state index contributed by atoms with van der Waals surface area (Å²) in [4.78, 5) is 0. The van der Waals surface area contributed by atoms with Crippen LogP contribution in [-0.2, 0) is 61.4 Å². The molecule has 0 spiro atoms. The first-order valence-corrected chi connectivity index (χ1v) is 22.1. The first-order valence-electron chi connectivity index (χ1n) is 22.1. The van der Waals surface area contributed by atoms with E-state index in [2.05, 4.69) is 92.2 Å². The van der Waals surface area contributed by atoms with Crippen LogP contribution in [-0.4, -0.2) is 6.15 Å². The Balaban J connectivity index is 0.000000387. The first kappa shape index (κ1) is 60.3. The average Bonchev–Trinajstić information content (AvgIpc) is 3.30. The molecule has 0 aliphatic heterocycles. The fraction of sp³-hybridized carbons (Fsp3) is 0.250. The highest BCUT2D eigenvalue weighted by molar-refractivity contribution is 7.20. The smallest absolute Gasteiger partial charge is 0.194 e. The Bertz CT molecular complexity index is 2850. The summed E-state index contributed by atoms with van der Waals surface area (Å²) in [7, 11) is 0. The monoisotopic (exact) mass is 1140 g/mol. The molecule has 0 unspecified atom stereocenters. The number of nitrogens with zero attached hydrogens (tertiary/aromatic N) is 1. The molecule has 1 heterocycles. The molecule has 7 rings (SSSR count). The zero-order valence-electron chi connectivity index (χ0n) is 39.6. The summed E-state index contributed by atoms with van der Waals surface area (Å²) in [5.74, 6) is 0. The SMILES string of the molecule is CC(C)(C)c1ccc(C[n+]2cccc3ccccc32)cc1.FC(F)(F)c1cc([B-](c2cc(C(F)(F)F)cc(C(F)(F)F)c2)(c2cc(C(F)(F)F)cc(C(F)(F)F)c2)c2cc(C(F)(F)F)cc(C(F)(F)F)c2)cc(C(F)(F)F)c1. The number of alkyl halides is 24. The fourth-order valence-corrected chi connectivity index (χ4v) is 8.74. The third kappa shape index (κ3) is 13.5. The summed E-state index contributed by atoms with van der Waals surface area (Å²) < 4.78 is 343. The highest BCUT2D eigenvalue weighted by Crippen LogP contribution is 2.41. The van der Waals surface area contributed by atoms with Crippen molar-refractivity contribution in [3.05, 3.63) is 195 Å². The van der Waals surface area contributed by atoms with Gasteiger partial charge in [-0.05, 0) is 47.4 Å². The van der Waals surface area contributed by atoms with Gasteiger partial charge in [0.1, 0.15) is 6.15 Å². The van der Waals surface area contributed by atoms with E-state index < -0.39 is 195 Å². The standard InChI is InChI=1S/C32H12BF24.C20H22N/c34-25(35,36)13-1-14(26(37,38)39)6-21(5-13)33(22-7-15(27(40,41)42)2-16(8-22)28(43,44)45,23-9-17(29(46,47)48)3-18(10-23)30(49,50)51)24-11-19(31(52,53)54)4-20(12-24)32(55,56)57;1-20(2,3)18-12-10-16(11-13-18)15-21-14-6-8-17-7-4-5-9-19(17)21/h1-12H;4-14H,15H2,1-3H3/q-1;+1. The summed E-state index contributed by atoms with van der Waals surface area (Å²) in [5, 5.41) is 1.28. The molecule has 0 atom stereocenters. The van der Waals surface area contributed by atoms with Gasteiger partial charge in [0.2, 0.25) is 5.52 Å². The molecule has 1 aromatic heterocycles. The van der Waals surface area contributed by atoms with E-state index in [4.69, 9.17) is 0 Å². The zero-order chi connectivity index (χ0) is 58.8. The Morgan fingerprint density at radius 3 is 0.821 bits per heavy atom. The molecule has 0 amide bonds. The van der Waals surface area contributed by atoms with Crippen molar-refractivity contribution in [1.29, 1.82) is 0 Å². The molecule has 0 fully saturated rings. The molecule has 0 bridgehead atoms. The number of hydrogen-bond acceptors (Lipinski definition) is 0. The second-order valence-electron chi connectivity index (χ2n) is 18.9. The van der Waals surface area contributed by atoms with Gasteiger partial charge in [0.05, 0.1) is 44.5 Å². The largest absolute Gasteiger partial charge is 0.416 e. The van der Waals surface area contributed by atoms with Crippen molar-refractivity contribution in [2.24, 2.45) is 0 Å². The van der Waals surface area contributed by atoms with Crippen molar-refractivity contribution in [2.45, 2.75) is 82.1 Å². The third-order valence-corrected chi connectivity index (χ3v) is 12.4. The van der Waals surface area contributed by atoms with Gasteiger partial charge in [-0.2, -0.15) is 132 Å². The topological polar surface area (TPSA) is 3.88 Å². The molecule has 0 aliphatic rings. The van der Waals surface area contributed by atoms with Gasteiger partial charge in [-0.1, -0.05) is 106 Å². The van der Waals surface area contributed by atoms with E-state index in [1.807, 2.05) is 0 Å². The summed E-state index contributed by atoms with van der Waals surface area (Å²) in [6, 6.07) is 13.0. The van der Waals surface area contributed by atoms with Crippen LogP contribution < -0.4 is 26.4 Å². The normalized spacial score (nSPS) is 13.6. The van der Waals surface area contributed by atoms with Crippen molar-refractivity contribution in [3.8, 4) is 0 Å². The molecule has 78 heavy (non-hydrogen) atoms. The molecule has 26 heteroatoms. The Labute approximate surface area is 425 Å². The Morgan fingerprint density at radius 1 is 0.308 bits per heavy atom. The van der Waals surface area contributed by atoms with Crippen LogP contribution in [0.5, 0.6) is 0 Å². The molecule has 6 aromatic carbocycles. The number of hydrogen-bond donors (Lipinski definition) is 0. The van der Waals surface area contributed by atoms with Crippen molar-refractivity contribution < 1.29 is 110 Å². The number of para-hydroxylation sites is 1. The number of fused-ring (bicyclic) bond motifs is 1. The molecule has 0 radical (unpaired) electrons. The molecule has 418 valence electrons. The van der Waals surface area contributed by atoms with Crippen LogP contribution in [0.15, 0.2) is 140 Å². The van der Waals surface area contributed by atoms with Gasteiger partial charge in [-0.3, -0.25) is 0 Å². The maximum atomic E-state index is 14.2. The molecular formula is C52H34BF24N. The Kier molecular flexibility index (Phi) is 15.8. The third-order valence-electron chi connectivity index (χ3n) is 12.4. The van der Waals surface area contributed by atoms with Gasteiger partial charge in [-0.15, -0.1) is 0 Å². The lowest BCUT2D eigenvalue weighted by Crippen LogP contribution is -2.75. The molecular weight excluding hydrogens is 1110 g/mol. The van der Waals surface area contributed by atoms with E-state index in [1.165, 1.54) is 22.0 Å². The van der Waals surface area contributed by atoms with Gasteiger partial charge < -0.3 is 0 Å². The number of aromatic nitrogens is 1. The molecule has 0 saturated heterocycles. The first-order chi connectivity index (χ1) is 35.3. The quantitative estimate of drug-likeness (QED) is 0.0888. The molecule has 1 nitrogen and oxygen atoms in total. The van der Waals surface area contributed by atoms with Crippen LogP contribution in [0.1, 0.15) is 76.4 Å². The minimum Gasteiger partial charge on any atom is -0.194 e. The predicted octanol–water partition coefficient (Wildman–Crippen LogP) is 15.7. The van der Waals surface area contributed by atoms with E-state index >= 15 is 0 Å². The summed E-state index contributed by atoms with van der Waals surface area (Å²) in [6.07, 6.45) is -52.7. The lowest BCUT2D eigenvalue weighted by atomic mass is 9.12. The predicted molar refractivity (Wildman–Crippen MR) is 238 cm³/mol. The summed E-state index contributed by atoms with van der Waals surface area (Å²) in [6.45, 7) is 7.66. The van der Waals surface area contributed by atoms with Gasteiger partial charge in [0.25, 0.3) is 0 Å². The van der Waals surface area contributed by atoms with E-state index in [0.29, 0.717) is 0 Å². The number of rotatable bonds is 6. The van der Waals surface area contributed by atoms with Crippen LogP contribution in [0.3, 0.4) is 0 Å². The van der Waals surface area contributed by atoms with Crippen LogP contribution in [0, 0.1) is 0 Å². The van der Waals surface area contributed by atoms with Crippen LogP contribution >= 0.6 is 0 Å². The van der Waals surface area contributed by atoms with Gasteiger partial charge in [0.15, 0.2) is 12.7 Å². The molecule has 7 aromatic rings. The van der Waals surface area contributed by atoms with Crippen LogP contribution in [0.2, 0.25) is 0 Å². The van der Waals surface area contributed by atoms with Crippen molar-refractivity contribution in [3.63, 3.8) is 0 Å². The summed E-state index contributed by atoms with van der Waals surface area (Å²) >= 11 is 0. The Morgan fingerprint density at radius 2 is 0.564 bits per heavy atom. The lowest BCUT2D eigenvalue weighted by Gasteiger charge is -2.46. The van der Waals surface area contributed by atoms with Crippen molar-refractivity contribution in [1.82, 2.24) is 0 Å². The molecule has 0 N–H and O–H groups in total. The zero-order valence-corrected chi connectivity index (χ0v) is 39.6. The van der Waals surface area contributed by atoms with Crippen molar-refractivity contribution >= 4 is 38.9 Å². The second-order valence-corrected chi connectivity index (χ2v) is 18.9. The second kappa shape index (κ2) is 20.4. The maximum absolute atomic E-state index is 14.2. The van der Waals surface area contributed by atoms with Gasteiger partial charge in [-0.25, -0.2) is 0 Å². The fourth-order valence-electron chi connectivity index (χ4n) is 8.74. The van der Waals surface area contributed by atoms with E-state index in [0.717, 1.165) is 6.54 Å². The van der Waals surface area contributed by atoms with E-state index in [9.17, 15) is 105 Å². The lowest BCUT2D eigenvalue weighted by molar-refractivity contribution is -0.662. The Hall–Kier alpha value is -6.89.